The van der Waals surface area contributed by atoms with Crippen molar-refractivity contribution in [1.82, 2.24) is 10.3 Å². The fourth-order valence-corrected chi connectivity index (χ4v) is 1.92. The van der Waals surface area contributed by atoms with Crippen molar-refractivity contribution < 1.29 is 8.81 Å². The van der Waals surface area contributed by atoms with Crippen LogP contribution in [0.1, 0.15) is 30.2 Å². The van der Waals surface area contributed by atoms with Gasteiger partial charge in [0.25, 0.3) is 0 Å². The van der Waals surface area contributed by atoms with Gasteiger partial charge in [-0.15, -0.1) is 0 Å². The van der Waals surface area contributed by atoms with E-state index in [1.54, 1.807) is 12.3 Å². The summed E-state index contributed by atoms with van der Waals surface area (Å²) in [6, 6.07) is 4.97. The molecule has 2 aromatic rings. The average Bonchev–Trinajstić information content (AvgIpc) is 2.74. The number of benzene rings is 1. The van der Waals surface area contributed by atoms with Gasteiger partial charge in [-0.25, -0.2) is 9.37 Å². The molecule has 1 unspecified atom stereocenters. The zero-order valence-electron chi connectivity index (χ0n) is 10.2. The highest BCUT2D eigenvalue weighted by atomic mass is 79.9. The predicted octanol–water partition coefficient (Wildman–Crippen LogP) is 3.74. The lowest BCUT2D eigenvalue weighted by molar-refractivity contribution is 0.400. The number of hydrogen-bond donors (Lipinski definition) is 1. The first kappa shape index (κ1) is 13.2. The smallest absolute Gasteiger partial charge is 0.211 e. The number of aromatic nitrogens is 1. The van der Waals surface area contributed by atoms with Gasteiger partial charge in [-0.3, -0.25) is 0 Å². The van der Waals surface area contributed by atoms with Crippen molar-refractivity contribution in [2.24, 2.45) is 0 Å². The molecule has 0 fully saturated rings. The van der Waals surface area contributed by atoms with E-state index in [4.69, 9.17) is 4.42 Å². The Morgan fingerprint density at radius 2 is 2.28 bits per heavy atom. The van der Waals surface area contributed by atoms with E-state index in [1.807, 2.05) is 19.9 Å². The molecule has 0 spiro atoms. The summed E-state index contributed by atoms with van der Waals surface area (Å²) in [6.45, 7) is 4.21. The first-order valence-electron chi connectivity index (χ1n) is 5.66. The highest BCUT2D eigenvalue weighted by molar-refractivity contribution is 9.10. The maximum atomic E-state index is 13.6. The summed E-state index contributed by atoms with van der Waals surface area (Å²) >= 11 is 3.23. The molecule has 18 heavy (non-hydrogen) atoms. The Kier molecular flexibility index (Phi) is 4.14. The van der Waals surface area contributed by atoms with Crippen LogP contribution in [0.5, 0.6) is 0 Å². The fourth-order valence-electron chi connectivity index (χ4n) is 1.59. The standard InChI is InChI=1S/C13H14BrFN2O/c1-8-6-17-13(18-8)9(2)16-7-10-3-4-11(14)5-12(10)15/h3-6,9,16H,7H2,1-2H3. The third-order valence-electron chi connectivity index (χ3n) is 2.62. The van der Waals surface area contributed by atoms with Gasteiger partial charge in [0.05, 0.1) is 12.2 Å². The van der Waals surface area contributed by atoms with Gasteiger partial charge < -0.3 is 9.73 Å². The molecule has 96 valence electrons. The van der Waals surface area contributed by atoms with E-state index < -0.39 is 0 Å². The molecule has 1 aromatic heterocycles. The molecule has 0 amide bonds. The largest absolute Gasteiger partial charge is 0.444 e. The summed E-state index contributed by atoms with van der Waals surface area (Å²) in [5.41, 5.74) is 0.619. The summed E-state index contributed by atoms with van der Waals surface area (Å²) in [5, 5.41) is 3.18. The molecule has 0 aliphatic rings. The molecule has 1 atom stereocenters. The number of nitrogens with zero attached hydrogens (tertiary/aromatic N) is 1. The zero-order valence-corrected chi connectivity index (χ0v) is 11.8. The minimum atomic E-state index is -0.229. The van der Waals surface area contributed by atoms with Gasteiger partial charge in [0.1, 0.15) is 11.6 Å². The van der Waals surface area contributed by atoms with Crippen molar-refractivity contribution in [2.45, 2.75) is 26.4 Å². The highest BCUT2D eigenvalue weighted by Crippen LogP contribution is 2.17. The number of hydrogen-bond acceptors (Lipinski definition) is 3. The van der Waals surface area contributed by atoms with Crippen LogP contribution in [-0.2, 0) is 6.54 Å². The molecule has 2 rings (SSSR count). The predicted molar refractivity (Wildman–Crippen MR) is 70.6 cm³/mol. The number of nitrogens with one attached hydrogen (secondary N) is 1. The third-order valence-corrected chi connectivity index (χ3v) is 3.12. The van der Waals surface area contributed by atoms with Crippen LogP contribution in [0, 0.1) is 12.7 Å². The topological polar surface area (TPSA) is 38.1 Å². The van der Waals surface area contributed by atoms with Gasteiger partial charge in [-0.2, -0.15) is 0 Å². The van der Waals surface area contributed by atoms with Gasteiger partial charge in [-0.05, 0) is 26.0 Å². The van der Waals surface area contributed by atoms with Crippen LogP contribution in [0.25, 0.3) is 0 Å². The lowest BCUT2D eigenvalue weighted by Crippen LogP contribution is -2.19. The second kappa shape index (κ2) is 5.63. The van der Waals surface area contributed by atoms with Gasteiger partial charge in [0.2, 0.25) is 5.89 Å². The molecule has 1 heterocycles. The Hall–Kier alpha value is -1.20. The molecule has 0 bridgehead atoms. The minimum absolute atomic E-state index is 0.0539. The summed E-state index contributed by atoms with van der Waals surface area (Å²) < 4.78 is 19.7. The van der Waals surface area contributed by atoms with Crippen molar-refractivity contribution in [3.8, 4) is 0 Å². The molecule has 0 aliphatic heterocycles. The SMILES string of the molecule is Cc1cnc(C(C)NCc2ccc(Br)cc2F)o1. The normalized spacial score (nSPS) is 12.7. The Bertz CT molecular complexity index is 542. The molecule has 5 heteroatoms. The van der Waals surface area contributed by atoms with Crippen molar-refractivity contribution >= 4 is 15.9 Å². The van der Waals surface area contributed by atoms with Crippen LogP contribution < -0.4 is 5.32 Å². The van der Waals surface area contributed by atoms with Crippen LogP contribution in [0.15, 0.2) is 33.3 Å². The lowest BCUT2D eigenvalue weighted by Gasteiger charge is -2.11. The van der Waals surface area contributed by atoms with Gasteiger partial charge in [-0.1, -0.05) is 22.0 Å². The summed E-state index contributed by atoms with van der Waals surface area (Å²) in [6.07, 6.45) is 1.67. The second-order valence-corrected chi connectivity index (χ2v) is 5.06. The van der Waals surface area contributed by atoms with E-state index in [0.29, 0.717) is 18.0 Å². The quantitative estimate of drug-likeness (QED) is 0.934. The van der Waals surface area contributed by atoms with Crippen molar-refractivity contribution in [2.75, 3.05) is 0 Å². The van der Waals surface area contributed by atoms with E-state index in [1.165, 1.54) is 6.07 Å². The second-order valence-electron chi connectivity index (χ2n) is 4.15. The molecule has 0 saturated heterocycles. The highest BCUT2D eigenvalue weighted by Gasteiger charge is 2.11. The number of aryl methyl sites for hydroxylation is 1. The molecule has 3 nitrogen and oxygen atoms in total. The van der Waals surface area contributed by atoms with Gasteiger partial charge in [0, 0.05) is 16.6 Å². The van der Waals surface area contributed by atoms with E-state index in [-0.39, 0.29) is 11.9 Å². The van der Waals surface area contributed by atoms with E-state index in [2.05, 4.69) is 26.2 Å². The lowest BCUT2D eigenvalue weighted by atomic mass is 10.2. The van der Waals surface area contributed by atoms with Crippen LogP contribution in [-0.4, -0.2) is 4.98 Å². The van der Waals surface area contributed by atoms with Gasteiger partial charge in [0.15, 0.2) is 0 Å². The van der Waals surface area contributed by atoms with Crippen molar-refractivity contribution in [1.29, 1.82) is 0 Å². The number of halogens is 2. The van der Waals surface area contributed by atoms with E-state index >= 15 is 0 Å². The Morgan fingerprint density at radius 3 is 2.89 bits per heavy atom. The van der Waals surface area contributed by atoms with Crippen LogP contribution in [0.4, 0.5) is 4.39 Å². The Morgan fingerprint density at radius 1 is 1.50 bits per heavy atom. The monoisotopic (exact) mass is 312 g/mol. The summed E-state index contributed by atoms with van der Waals surface area (Å²) in [7, 11) is 0. The first-order chi connectivity index (χ1) is 8.56. The van der Waals surface area contributed by atoms with Crippen molar-refractivity contribution in [3.63, 3.8) is 0 Å². The molecule has 0 saturated carbocycles. The third kappa shape index (κ3) is 3.17. The summed E-state index contributed by atoms with van der Waals surface area (Å²) in [5.74, 6) is 1.16. The molecule has 1 N–H and O–H groups in total. The molecular weight excluding hydrogens is 299 g/mol. The maximum Gasteiger partial charge on any atom is 0.211 e. The first-order valence-corrected chi connectivity index (χ1v) is 6.45. The van der Waals surface area contributed by atoms with Gasteiger partial charge >= 0.3 is 0 Å². The molecular formula is C13H14BrFN2O. The molecule has 1 aromatic carbocycles. The Balaban J connectivity index is 1.99. The average molecular weight is 313 g/mol. The van der Waals surface area contributed by atoms with Crippen LogP contribution in [0.3, 0.4) is 0 Å². The van der Waals surface area contributed by atoms with E-state index in [9.17, 15) is 4.39 Å². The zero-order chi connectivity index (χ0) is 13.1. The fraction of sp³-hybridized carbons (Fsp3) is 0.308. The molecule has 0 radical (unpaired) electrons. The Labute approximate surface area is 114 Å². The number of oxazole rings is 1. The number of rotatable bonds is 4. The summed E-state index contributed by atoms with van der Waals surface area (Å²) in [4.78, 5) is 4.13. The molecule has 0 aliphatic carbocycles. The maximum absolute atomic E-state index is 13.6. The van der Waals surface area contributed by atoms with Crippen LogP contribution in [0.2, 0.25) is 0 Å². The minimum Gasteiger partial charge on any atom is -0.444 e. The van der Waals surface area contributed by atoms with E-state index in [0.717, 1.165) is 10.2 Å². The van der Waals surface area contributed by atoms with Crippen molar-refractivity contribution in [3.05, 3.63) is 51.9 Å². The van der Waals surface area contributed by atoms with Crippen LogP contribution >= 0.6 is 15.9 Å².